The molecule has 0 atom stereocenters. The molecule has 8 nitrogen and oxygen atoms in total. The van der Waals surface area contributed by atoms with Crippen LogP contribution in [-0.4, -0.2) is 38.1 Å². The number of rotatable bonds is 8. The zero-order valence-corrected chi connectivity index (χ0v) is 14.1. The normalized spacial score (nSPS) is 9.88. The van der Waals surface area contributed by atoms with E-state index < -0.39 is 31.0 Å². The monoisotopic (exact) mass is 358 g/mol. The summed E-state index contributed by atoms with van der Waals surface area (Å²) in [5.41, 5.74) is 5.88. The van der Waals surface area contributed by atoms with Gasteiger partial charge < -0.3 is 25.3 Å². The molecule has 2 amide bonds. The van der Waals surface area contributed by atoms with Gasteiger partial charge in [0, 0.05) is 11.8 Å². The Labute approximate surface area is 149 Å². The van der Waals surface area contributed by atoms with Crippen LogP contribution in [-0.2, 0) is 14.3 Å². The fourth-order valence-electron chi connectivity index (χ4n) is 2.02. The molecule has 0 heterocycles. The lowest BCUT2D eigenvalue weighted by atomic mass is 10.2. The number of esters is 1. The van der Waals surface area contributed by atoms with Gasteiger partial charge in [-0.1, -0.05) is 18.2 Å². The Kier molecular flexibility index (Phi) is 6.55. The van der Waals surface area contributed by atoms with Gasteiger partial charge in [0.1, 0.15) is 11.5 Å². The molecule has 0 radical (unpaired) electrons. The van der Waals surface area contributed by atoms with E-state index in [-0.39, 0.29) is 11.3 Å². The molecule has 2 aromatic rings. The SMILES string of the molecule is COc1cccc(NC(=O)COC(=O)COc2ccccc2C(N)=O)c1. The summed E-state index contributed by atoms with van der Waals surface area (Å²) in [7, 11) is 1.51. The third-order valence-corrected chi connectivity index (χ3v) is 3.22. The van der Waals surface area contributed by atoms with Crippen molar-refractivity contribution < 1.29 is 28.6 Å². The summed E-state index contributed by atoms with van der Waals surface area (Å²) in [4.78, 5) is 34.8. The van der Waals surface area contributed by atoms with Crippen LogP contribution < -0.4 is 20.5 Å². The van der Waals surface area contributed by atoms with Crippen LogP contribution in [0.3, 0.4) is 0 Å². The van der Waals surface area contributed by atoms with E-state index in [4.69, 9.17) is 19.9 Å². The quantitative estimate of drug-likeness (QED) is 0.688. The van der Waals surface area contributed by atoms with E-state index in [9.17, 15) is 14.4 Å². The zero-order valence-electron chi connectivity index (χ0n) is 14.1. The number of nitrogens with two attached hydrogens (primary N) is 1. The molecule has 0 saturated heterocycles. The largest absolute Gasteiger partial charge is 0.497 e. The Morgan fingerprint density at radius 2 is 1.81 bits per heavy atom. The number of hydrogen-bond donors (Lipinski definition) is 2. The van der Waals surface area contributed by atoms with Crippen molar-refractivity contribution in [1.82, 2.24) is 0 Å². The van der Waals surface area contributed by atoms with Crippen molar-refractivity contribution in [2.24, 2.45) is 5.73 Å². The number of hydrogen-bond acceptors (Lipinski definition) is 6. The second kappa shape index (κ2) is 9.07. The van der Waals surface area contributed by atoms with Gasteiger partial charge in [0.15, 0.2) is 13.2 Å². The summed E-state index contributed by atoms with van der Waals surface area (Å²) < 4.78 is 15.1. The van der Waals surface area contributed by atoms with Gasteiger partial charge in [-0.25, -0.2) is 4.79 Å². The summed E-state index contributed by atoms with van der Waals surface area (Å²) in [6.07, 6.45) is 0. The van der Waals surface area contributed by atoms with Gasteiger partial charge in [0.05, 0.1) is 12.7 Å². The topological polar surface area (TPSA) is 117 Å². The molecule has 0 fully saturated rings. The molecule has 0 aliphatic rings. The molecule has 0 saturated carbocycles. The first-order valence-electron chi connectivity index (χ1n) is 7.60. The number of carbonyl (C=O) groups excluding carboxylic acids is 3. The predicted octanol–water partition coefficient (Wildman–Crippen LogP) is 1.35. The number of amides is 2. The Balaban J connectivity index is 1.79. The average molecular weight is 358 g/mol. The fourth-order valence-corrected chi connectivity index (χ4v) is 2.02. The van der Waals surface area contributed by atoms with Crippen LogP contribution >= 0.6 is 0 Å². The second-order valence-electron chi connectivity index (χ2n) is 5.09. The highest BCUT2D eigenvalue weighted by Crippen LogP contribution is 2.17. The highest BCUT2D eigenvalue weighted by molar-refractivity contribution is 5.95. The van der Waals surface area contributed by atoms with Crippen molar-refractivity contribution in [3.63, 3.8) is 0 Å². The van der Waals surface area contributed by atoms with Gasteiger partial charge >= 0.3 is 5.97 Å². The number of primary amides is 1. The van der Waals surface area contributed by atoms with Gasteiger partial charge in [-0.15, -0.1) is 0 Å². The standard InChI is InChI=1S/C18H18N2O6/c1-24-13-6-4-5-12(9-13)20-16(21)10-26-17(22)11-25-15-8-3-2-7-14(15)18(19)23/h2-9H,10-11H2,1H3,(H2,19,23)(H,20,21). The van der Waals surface area contributed by atoms with Crippen molar-refractivity contribution in [2.75, 3.05) is 25.6 Å². The molecular formula is C18H18N2O6. The van der Waals surface area contributed by atoms with Crippen molar-refractivity contribution in [3.05, 3.63) is 54.1 Å². The highest BCUT2D eigenvalue weighted by atomic mass is 16.6. The Bertz CT molecular complexity index is 806. The molecular weight excluding hydrogens is 340 g/mol. The minimum atomic E-state index is -0.759. The van der Waals surface area contributed by atoms with Gasteiger partial charge in [-0.3, -0.25) is 9.59 Å². The predicted molar refractivity (Wildman–Crippen MR) is 93.0 cm³/mol. The van der Waals surface area contributed by atoms with Crippen molar-refractivity contribution in [2.45, 2.75) is 0 Å². The Hall–Kier alpha value is -3.55. The summed E-state index contributed by atoms with van der Waals surface area (Å²) in [6, 6.07) is 13.0. The minimum absolute atomic E-state index is 0.149. The molecule has 8 heteroatoms. The maximum absolute atomic E-state index is 11.8. The first-order chi connectivity index (χ1) is 12.5. The van der Waals surface area contributed by atoms with E-state index in [1.807, 2.05) is 0 Å². The fraction of sp³-hybridized carbons (Fsp3) is 0.167. The first-order valence-corrected chi connectivity index (χ1v) is 7.60. The van der Waals surface area contributed by atoms with Crippen LogP contribution in [0.1, 0.15) is 10.4 Å². The zero-order chi connectivity index (χ0) is 18.9. The maximum atomic E-state index is 11.8. The summed E-state index contributed by atoms with van der Waals surface area (Å²) >= 11 is 0. The van der Waals surface area contributed by atoms with E-state index in [0.717, 1.165) is 0 Å². The van der Waals surface area contributed by atoms with Crippen LogP contribution in [0.4, 0.5) is 5.69 Å². The maximum Gasteiger partial charge on any atom is 0.344 e. The van der Waals surface area contributed by atoms with Crippen molar-refractivity contribution in [1.29, 1.82) is 0 Å². The molecule has 0 aliphatic heterocycles. The molecule has 26 heavy (non-hydrogen) atoms. The minimum Gasteiger partial charge on any atom is -0.497 e. The van der Waals surface area contributed by atoms with Crippen LogP contribution in [0.5, 0.6) is 11.5 Å². The average Bonchev–Trinajstić information content (AvgIpc) is 2.65. The molecule has 0 aliphatic carbocycles. The lowest BCUT2D eigenvalue weighted by molar-refractivity contribution is -0.149. The van der Waals surface area contributed by atoms with E-state index in [0.29, 0.717) is 11.4 Å². The molecule has 136 valence electrons. The smallest absolute Gasteiger partial charge is 0.344 e. The number of anilines is 1. The third kappa shape index (κ3) is 5.52. The Morgan fingerprint density at radius 3 is 2.54 bits per heavy atom. The van der Waals surface area contributed by atoms with Crippen LogP contribution in [0.2, 0.25) is 0 Å². The molecule has 3 N–H and O–H groups in total. The summed E-state index contributed by atoms with van der Waals surface area (Å²) in [5.74, 6) is -1.19. The number of para-hydroxylation sites is 1. The lowest BCUT2D eigenvalue weighted by Crippen LogP contribution is -2.24. The van der Waals surface area contributed by atoms with Gasteiger partial charge in [-0.2, -0.15) is 0 Å². The van der Waals surface area contributed by atoms with E-state index >= 15 is 0 Å². The number of methoxy groups -OCH3 is 1. The molecule has 2 rings (SSSR count). The van der Waals surface area contributed by atoms with Gasteiger partial charge in [0.2, 0.25) is 0 Å². The van der Waals surface area contributed by atoms with Crippen LogP contribution in [0, 0.1) is 0 Å². The molecule has 0 spiro atoms. The first kappa shape index (κ1) is 18.8. The van der Waals surface area contributed by atoms with Crippen LogP contribution in [0.25, 0.3) is 0 Å². The molecule has 0 unspecified atom stereocenters. The summed E-state index contributed by atoms with van der Waals surface area (Å²) in [5, 5.41) is 2.57. The molecule has 0 bridgehead atoms. The third-order valence-electron chi connectivity index (χ3n) is 3.22. The number of ether oxygens (including phenoxy) is 3. The van der Waals surface area contributed by atoms with E-state index in [1.54, 1.807) is 36.4 Å². The number of carbonyl (C=O) groups is 3. The Morgan fingerprint density at radius 1 is 1.04 bits per heavy atom. The number of benzene rings is 2. The van der Waals surface area contributed by atoms with Gasteiger partial charge in [-0.05, 0) is 24.3 Å². The van der Waals surface area contributed by atoms with Crippen molar-refractivity contribution in [3.8, 4) is 11.5 Å². The summed E-state index contributed by atoms with van der Waals surface area (Å²) in [6.45, 7) is -0.937. The van der Waals surface area contributed by atoms with Crippen LogP contribution in [0.15, 0.2) is 48.5 Å². The highest BCUT2D eigenvalue weighted by Gasteiger charge is 2.12. The molecule has 0 aromatic heterocycles. The van der Waals surface area contributed by atoms with Gasteiger partial charge in [0.25, 0.3) is 11.8 Å². The van der Waals surface area contributed by atoms with Crippen molar-refractivity contribution >= 4 is 23.5 Å². The lowest BCUT2D eigenvalue weighted by Gasteiger charge is -2.10. The van der Waals surface area contributed by atoms with E-state index in [2.05, 4.69) is 5.32 Å². The van der Waals surface area contributed by atoms with E-state index in [1.165, 1.54) is 19.2 Å². The molecule has 2 aromatic carbocycles. The number of nitrogens with one attached hydrogen (secondary N) is 1. The second-order valence-corrected chi connectivity index (χ2v) is 5.09.